The molecule has 0 unspecified atom stereocenters. The summed E-state index contributed by atoms with van der Waals surface area (Å²) in [6.45, 7) is 5.37. The lowest BCUT2D eigenvalue weighted by molar-refractivity contribution is -0.140. The van der Waals surface area contributed by atoms with Crippen LogP contribution in [0.2, 0.25) is 0 Å². The van der Waals surface area contributed by atoms with E-state index in [2.05, 4.69) is 6.92 Å². The number of nitrogens with zero attached hydrogens (tertiary/aromatic N) is 1. The van der Waals surface area contributed by atoms with Crippen LogP contribution >= 0.6 is 0 Å². The molecule has 5 rings (SSSR count). The van der Waals surface area contributed by atoms with Crippen LogP contribution in [0, 0.1) is 17.8 Å². The Morgan fingerprint density at radius 1 is 1.08 bits per heavy atom. The van der Waals surface area contributed by atoms with Crippen LogP contribution in [0.5, 0.6) is 11.5 Å². The quantitative estimate of drug-likeness (QED) is 0.369. The van der Waals surface area contributed by atoms with E-state index in [0.717, 1.165) is 47.3 Å². The monoisotopic (exact) mass is 501 g/mol. The summed E-state index contributed by atoms with van der Waals surface area (Å²) in [5.74, 6) is 0.220. The highest BCUT2D eigenvalue weighted by Gasteiger charge is 2.56. The number of fused-ring (bicyclic) bond motifs is 3. The molecule has 2 saturated heterocycles. The Labute approximate surface area is 218 Å². The van der Waals surface area contributed by atoms with Crippen molar-refractivity contribution in [3.8, 4) is 11.5 Å². The minimum absolute atomic E-state index is 0.0396. The molecule has 37 heavy (non-hydrogen) atoms. The first kappa shape index (κ1) is 25.3. The summed E-state index contributed by atoms with van der Waals surface area (Å²) >= 11 is 0. The SMILES string of the molecule is CCCN1C(=O)[C@@H]2[C@@H](CC(COc3ccccc3)=C3[C@@H](CC/C(C)=C/c4ccccc4O)OC[C@@H]32)C1=O. The second kappa shape index (κ2) is 10.9. The Morgan fingerprint density at radius 2 is 1.84 bits per heavy atom. The largest absolute Gasteiger partial charge is 0.507 e. The number of rotatable bonds is 9. The van der Waals surface area contributed by atoms with Crippen molar-refractivity contribution in [3.63, 3.8) is 0 Å². The second-order valence-electron chi connectivity index (χ2n) is 10.3. The van der Waals surface area contributed by atoms with Gasteiger partial charge < -0.3 is 14.6 Å². The Hall–Kier alpha value is -3.38. The number of para-hydroxylation sites is 2. The molecule has 2 aromatic carbocycles. The number of hydrogen-bond donors (Lipinski definition) is 1. The van der Waals surface area contributed by atoms with Crippen LogP contribution in [0.1, 0.15) is 45.1 Å². The number of likely N-dealkylation sites (tertiary alicyclic amines) is 1. The summed E-state index contributed by atoms with van der Waals surface area (Å²) in [7, 11) is 0. The lowest BCUT2D eigenvalue weighted by atomic mass is 9.69. The fourth-order valence-corrected chi connectivity index (χ4v) is 6.11. The molecule has 0 spiro atoms. The summed E-state index contributed by atoms with van der Waals surface area (Å²) in [6.07, 6.45) is 4.76. The molecule has 2 amide bonds. The van der Waals surface area contributed by atoms with Gasteiger partial charge in [0.15, 0.2) is 0 Å². The van der Waals surface area contributed by atoms with Gasteiger partial charge >= 0.3 is 0 Å². The number of hydrogen-bond acceptors (Lipinski definition) is 5. The Balaban J connectivity index is 1.39. The smallest absolute Gasteiger partial charge is 0.233 e. The third-order valence-electron chi connectivity index (χ3n) is 7.84. The van der Waals surface area contributed by atoms with Gasteiger partial charge in [0.2, 0.25) is 11.8 Å². The lowest BCUT2D eigenvalue weighted by Crippen LogP contribution is -2.35. The molecule has 2 aliphatic heterocycles. The van der Waals surface area contributed by atoms with Crippen molar-refractivity contribution in [1.29, 1.82) is 0 Å². The number of phenols is 1. The minimum atomic E-state index is -0.336. The molecule has 6 heteroatoms. The van der Waals surface area contributed by atoms with Crippen LogP contribution in [-0.4, -0.2) is 47.7 Å². The van der Waals surface area contributed by atoms with E-state index < -0.39 is 0 Å². The molecule has 2 heterocycles. The molecule has 194 valence electrons. The van der Waals surface area contributed by atoms with Crippen molar-refractivity contribution in [2.75, 3.05) is 19.8 Å². The maximum absolute atomic E-state index is 13.3. The van der Waals surface area contributed by atoms with E-state index in [4.69, 9.17) is 9.47 Å². The molecule has 2 fully saturated rings. The average molecular weight is 502 g/mol. The maximum Gasteiger partial charge on any atom is 0.233 e. The number of benzene rings is 2. The number of amides is 2. The van der Waals surface area contributed by atoms with Crippen molar-refractivity contribution < 1.29 is 24.2 Å². The van der Waals surface area contributed by atoms with E-state index in [0.29, 0.717) is 26.2 Å². The normalized spacial score (nSPS) is 25.5. The first-order valence-electron chi connectivity index (χ1n) is 13.3. The molecule has 3 aliphatic rings. The van der Waals surface area contributed by atoms with Crippen LogP contribution in [-0.2, 0) is 14.3 Å². The Bertz CT molecular complexity index is 1220. The van der Waals surface area contributed by atoms with Gasteiger partial charge in [0.1, 0.15) is 18.1 Å². The summed E-state index contributed by atoms with van der Waals surface area (Å²) in [5, 5.41) is 10.1. The van der Waals surface area contributed by atoms with Crippen LogP contribution < -0.4 is 4.74 Å². The van der Waals surface area contributed by atoms with Crippen LogP contribution in [0.3, 0.4) is 0 Å². The van der Waals surface area contributed by atoms with Crippen molar-refractivity contribution >= 4 is 17.9 Å². The highest BCUT2D eigenvalue weighted by Crippen LogP contribution is 2.50. The molecule has 4 atom stereocenters. The van der Waals surface area contributed by atoms with Gasteiger partial charge in [0.25, 0.3) is 0 Å². The predicted molar refractivity (Wildman–Crippen MR) is 142 cm³/mol. The summed E-state index contributed by atoms with van der Waals surface area (Å²) < 4.78 is 12.5. The first-order valence-corrected chi connectivity index (χ1v) is 13.3. The molecular weight excluding hydrogens is 466 g/mol. The number of carbonyl (C=O) groups excluding carboxylic acids is 2. The van der Waals surface area contributed by atoms with Gasteiger partial charge in [-0.15, -0.1) is 0 Å². The van der Waals surface area contributed by atoms with Gasteiger partial charge in [0, 0.05) is 18.0 Å². The van der Waals surface area contributed by atoms with Gasteiger partial charge in [-0.2, -0.15) is 0 Å². The number of imide groups is 1. The van der Waals surface area contributed by atoms with Gasteiger partial charge in [0.05, 0.1) is 24.5 Å². The third-order valence-corrected chi connectivity index (χ3v) is 7.84. The predicted octanol–water partition coefficient (Wildman–Crippen LogP) is 5.38. The molecule has 0 radical (unpaired) electrons. The third kappa shape index (κ3) is 5.08. The zero-order valence-corrected chi connectivity index (χ0v) is 21.6. The molecule has 0 aromatic heterocycles. The molecule has 0 bridgehead atoms. The number of carbonyl (C=O) groups is 2. The summed E-state index contributed by atoms with van der Waals surface area (Å²) in [5.41, 5.74) is 4.20. The molecular formula is C31H35NO5. The van der Waals surface area contributed by atoms with Crippen LogP contribution in [0.15, 0.2) is 71.3 Å². The highest BCUT2D eigenvalue weighted by molar-refractivity contribution is 6.06. The van der Waals surface area contributed by atoms with Gasteiger partial charge in [-0.1, -0.05) is 55.0 Å². The fourth-order valence-electron chi connectivity index (χ4n) is 6.11. The highest BCUT2D eigenvalue weighted by atomic mass is 16.5. The van der Waals surface area contributed by atoms with Crippen LogP contribution in [0.25, 0.3) is 6.08 Å². The van der Waals surface area contributed by atoms with Crippen molar-refractivity contribution in [3.05, 3.63) is 76.9 Å². The molecule has 6 nitrogen and oxygen atoms in total. The van der Waals surface area contributed by atoms with E-state index in [1.165, 1.54) is 4.90 Å². The number of phenolic OH excluding ortho intramolecular Hbond substituents is 1. The van der Waals surface area contributed by atoms with E-state index in [1.807, 2.05) is 61.5 Å². The van der Waals surface area contributed by atoms with E-state index in [9.17, 15) is 14.7 Å². The van der Waals surface area contributed by atoms with Gasteiger partial charge in [-0.3, -0.25) is 14.5 Å². The number of aromatic hydroxyl groups is 1. The molecule has 2 aromatic rings. The second-order valence-corrected chi connectivity index (χ2v) is 10.3. The summed E-state index contributed by atoms with van der Waals surface area (Å²) in [4.78, 5) is 28.0. The summed E-state index contributed by atoms with van der Waals surface area (Å²) in [6, 6.07) is 17.0. The Morgan fingerprint density at radius 3 is 2.59 bits per heavy atom. The Kier molecular flexibility index (Phi) is 7.47. The van der Waals surface area contributed by atoms with Gasteiger partial charge in [-0.05, 0) is 62.0 Å². The van der Waals surface area contributed by atoms with Gasteiger partial charge in [-0.25, -0.2) is 0 Å². The standard InChI is InChI=1S/C31H35NO5/c1-3-15-32-30(34)24-17-22(18-36-23-10-5-4-6-11-23)28-25(29(24)31(32)35)19-37-27(28)14-13-20(2)16-21-9-7-8-12-26(21)33/h4-12,16,24-25,27,29,33H,3,13-15,17-19H2,1-2H3/b20-16+/t24-,25+,27-,29-/m1/s1. The number of ether oxygens (including phenoxy) is 2. The first-order chi connectivity index (χ1) is 18.0. The van der Waals surface area contributed by atoms with E-state index in [1.54, 1.807) is 6.07 Å². The van der Waals surface area contributed by atoms with Crippen molar-refractivity contribution in [2.45, 2.75) is 45.6 Å². The van der Waals surface area contributed by atoms with Crippen LogP contribution in [0.4, 0.5) is 0 Å². The topological polar surface area (TPSA) is 76.1 Å². The average Bonchev–Trinajstić information content (AvgIpc) is 3.43. The lowest BCUT2D eigenvalue weighted by Gasteiger charge is -2.31. The number of allylic oxidation sites excluding steroid dienone is 1. The zero-order chi connectivity index (χ0) is 25.9. The molecule has 0 saturated carbocycles. The maximum atomic E-state index is 13.3. The molecule has 1 N–H and O–H groups in total. The minimum Gasteiger partial charge on any atom is -0.507 e. The molecule has 1 aliphatic carbocycles. The zero-order valence-electron chi connectivity index (χ0n) is 21.6. The van der Waals surface area contributed by atoms with Crippen molar-refractivity contribution in [2.24, 2.45) is 17.8 Å². The van der Waals surface area contributed by atoms with E-state index >= 15 is 0 Å². The fraction of sp³-hybridized carbons (Fsp3) is 0.419. The van der Waals surface area contributed by atoms with E-state index in [-0.39, 0.29) is 41.4 Å². The van der Waals surface area contributed by atoms with Crippen molar-refractivity contribution in [1.82, 2.24) is 4.90 Å².